The van der Waals surface area contributed by atoms with Gasteiger partial charge in [-0.15, -0.1) is 0 Å². The van der Waals surface area contributed by atoms with E-state index in [0.29, 0.717) is 0 Å². The second-order valence-corrected chi connectivity index (χ2v) is 7.30. The second-order valence-electron chi connectivity index (χ2n) is 6.89. The van der Waals surface area contributed by atoms with E-state index in [-0.39, 0.29) is 22.1 Å². The highest BCUT2D eigenvalue weighted by Gasteiger charge is 2.03. The van der Waals surface area contributed by atoms with Crippen LogP contribution < -0.4 is 5.73 Å². The Morgan fingerprint density at radius 2 is 1.53 bits per heavy atom. The first-order chi connectivity index (χ1) is 15.4. The van der Waals surface area contributed by atoms with Gasteiger partial charge in [0, 0.05) is 11.8 Å². The molecule has 5 N–H and O–H groups in total. The lowest BCUT2D eigenvalue weighted by Gasteiger charge is -2.05. The molecule has 0 saturated carbocycles. The summed E-state index contributed by atoms with van der Waals surface area (Å²) in [6.07, 6.45) is 5.39. The lowest BCUT2D eigenvalue weighted by atomic mass is 9.99. The molecule has 0 radical (unpaired) electrons. The first kappa shape index (κ1) is 22.6. The summed E-state index contributed by atoms with van der Waals surface area (Å²) in [6.45, 7) is 0. The van der Waals surface area contributed by atoms with E-state index in [1.54, 1.807) is 12.1 Å². The lowest BCUT2D eigenvalue weighted by molar-refractivity contribution is 0.100. The van der Waals surface area contributed by atoms with Crippen molar-refractivity contribution in [1.29, 1.82) is 5.41 Å². The maximum Gasteiger partial charge on any atom is 0.248 e. The fourth-order valence-electron chi connectivity index (χ4n) is 3.09. The largest absolute Gasteiger partial charge is 0.508 e. The normalized spacial score (nSPS) is 10.5. The van der Waals surface area contributed by atoms with Crippen LogP contribution in [-0.2, 0) is 0 Å². The quantitative estimate of drug-likeness (QED) is 0.234. The molecule has 160 valence electrons. The van der Waals surface area contributed by atoms with E-state index in [2.05, 4.69) is 6.07 Å². The molecule has 0 unspecified atom stereocenters. The molecule has 0 heterocycles. The van der Waals surface area contributed by atoms with Crippen LogP contribution in [0.25, 0.3) is 22.9 Å². The third-order valence-electron chi connectivity index (χ3n) is 4.70. The molecule has 6 heteroatoms. The Labute approximate surface area is 190 Å². The van der Waals surface area contributed by atoms with Crippen LogP contribution in [0, 0.1) is 5.41 Å². The van der Waals surface area contributed by atoms with Crippen LogP contribution in [0.1, 0.15) is 27.0 Å². The molecule has 4 rings (SSSR count). The van der Waals surface area contributed by atoms with E-state index in [9.17, 15) is 9.90 Å². The SMILES string of the molecule is N=Cc1ccc(/C=C/c2cccc(O)c2)c2ccccc12.NC(=O)c1ccc(O)c(Cl)c1. The molecule has 0 aliphatic heterocycles. The van der Waals surface area contributed by atoms with E-state index in [4.69, 9.17) is 27.9 Å². The highest BCUT2D eigenvalue weighted by molar-refractivity contribution is 6.32. The van der Waals surface area contributed by atoms with Crippen molar-refractivity contribution in [2.45, 2.75) is 0 Å². The summed E-state index contributed by atoms with van der Waals surface area (Å²) in [5.41, 5.74) is 8.21. The smallest absolute Gasteiger partial charge is 0.248 e. The van der Waals surface area contributed by atoms with Gasteiger partial charge in [-0.2, -0.15) is 0 Å². The molecule has 0 aliphatic rings. The molecule has 0 bridgehead atoms. The first-order valence-corrected chi connectivity index (χ1v) is 10.0. The van der Waals surface area contributed by atoms with Crippen LogP contribution in [0.15, 0.2) is 78.9 Å². The van der Waals surface area contributed by atoms with Crippen LogP contribution in [0.4, 0.5) is 0 Å². The Balaban J connectivity index is 0.000000222. The average Bonchev–Trinajstić information content (AvgIpc) is 2.79. The molecule has 32 heavy (non-hydrogen) atoms. The third-order valence-corrected chi connectivity index (χ3v) is 5.01. The number of fused-ring (bicyclic) bond motifs is 1. The minimum atomic E-state index is -0.563. The number of carbonyl (C=O) groups is 1. The number of hydrogen-bond donors (Lipinski definition) is 4. The van der Waals surface area contributed by atoms with Crippen molar-refractivity contribution >= 4 is 46.6 Å². The predicted molar refractivity (Wildman–Crippen MR) is 131 cm³/mol. The van der Waals surface area contributed by atoms with Crippen molar-refractivity contribution in [2.75, 3.05) is 0 Å². The molecule has 0 fully saturated rings. The van der Waals surface area contributed by atoms with Gasteiger partial charge in [0.2, 0.25) is 5.91 Å². The maximum absolute atomic E-state index is 10.5. The monoisotopic (exact) mass is 444 g/mol. The van der Waals surface area contributed by atoms with Gasteiger partial charge in [0.15, 0.2) is 0 Å². The molecular formula is C26H21ClN2O3. The van der Waals surface area contributed by atoms with Gasteiger partial charge < -0.3 is 21.4 Å². The number of amides is 1. The number of hydrogen-bond acceptors (Lipinski definition) is 4. The van der Waals surface area contributed by atoms with Gasteiger partial charge in [-0.3, -0.25) is 4.79 Å². The standard InChI is InChI=1S/C19H15NO.C7H6ClNO2/c20-13-16-11-10-15(18-6-1-2-7-19(16)18)9-8-14-4-3-5-17(21)12-14;8-5-3-4(7(9)11)1-2-6(5)10/h1-13,20-21H;1-3,10H,(H2,9,11)/b9-8+,20-13?;. The number of carbonyl (C=O) groups excluding carboxylic acids is 1. The van der Waals surface area contributed by atoms with E-state index in [0.717, 1.165) is 27.5 Å². The summed E-state index contributed by atoms with van der Waals surface area (Å²) in [5, 5.41) is 28.2. The van der Waals surface area contributed by atoms with Gasteiger partial charge in [0.25, 0.3) is 0 Å². The molecule has 0 aliphatic carbocycles. The fraction of sp³-hybridized carbons (Fsp3) is 0. The molecule has 5 nitrogen and oxygen atoms in total. The van der Waals surface area contributed by atoms with Crippen molar-refractivity contribution in [3.05, 3.63) is 106 Å². The van der Waals surface area contributed by atoms with E-state index in [1.165, 1.54) is 24.4 Å². The number of primary amides is 1. The molecular weight excluding hydrogens is 424 g/mol. The molecule has 4 aromatic rings. The zero-order chi connectivity index (χ0) is 23.1. The predicted octanol–water partition coefficient (Wildman–Crippen LogP) is 5.86. The molecule has 0 atom stereocenters. The summed E-state index contributed by atoms with van der Waals surface area (Å²) < 4.78 is 0. The minimum Gasteiger partial charge on any atom is -0.508 e. The van der Waals surface area contributed by atoms with Gasteiger partial charge in [0.1, 0.15) is 11.5 Å². The van der Waals surface area contributed by atoms with Gasteiger partial charge in [-0.05, 0) is 57.8 Å². The topological polar surface area (TPSA) is 107 Å². The Hall–Kier alpha value is -4.09. The van der Waals surface area contributed by atoms with Gasteiger partial charge >= 0.3 is 0 Å². The molecule has 4 aromatic carbocycles. The van der Waals surface area contributed by atoms with Crippen molar-refractivity contribution in [3.8, 4) is 11.5 Å². The van der Waals surface area contributed by atoms with Crippen molar-refractivity contribution in [1.82, 2.24) is 0 Å². The number of halogens is 1. The summed E-state index contributed by atoms with van der Waals surface area (Å²) in [5.74, 6) is -0.357. The number of aromatic hydroxyl groups is 2. The highest BCUT2D eigenvalue weighted by atomic mass is 35.5. The molecule has 0 aromatic heterocycles. The van der Waals surface area contributed by atoms with Crippen LogP contribution in [0.3, 0.4) is 0 Å². The summed E-state index contributed by atoms with van der Waals surface area (Å²) >= 11 is 5.50. The van der Waals surface area contributed by atoms with Crippen LogP contribution >= 0.6 is 11.6 Å². The zero-order valence-corrected chi connectivity index (χ0v) is 17.8. The maximum atomic E-state index is 10.5. The number of phenolic OH excluding ortho intramolecular Hbond substituents is 2. The van der Waals surface area contributed by atoms with E-state index in [1.807, 2.05) is 54.6 Å². The first-order valence-electron chi connectivity index (χ1n) is 9.66. The number of benzene rings is 4. The van der Waals surface area contributed by atoms with Crippen LogP contribution in [0.5, 0.6) is 11.5 Å². The lowest BCUT2D eigenvalue weighted by Crippen LogP contribution is -2.10. The number of rotatable bonds is 4. The highest BCUT2D eigenvalue weighted by Crippen LogP contribution is 2.24. The van der Waals surface area contributed by atoms with Crippen molar-refractivity contribution in [2.24, 2.45) is 5.73 Å². The van der Waals surface area contributed by atoms with Gasteiger partial charge in [-0.25, -0.2) is 0 Å². The summed E-state index contributed by atoms with van der Waals surface area (Å²) in [4.78, 5) is 10.5. The Kier molecular flexibility index (Phi) is 7.26. The third kappa shape index (κ3) is 5.53. The van der Waals surface area contributed by atoms with Crippen molar-refractivity contribution < 1.29 is 15.0 Å². The van der Waals surface area contributed by atoms with Crippen LogP contribution in [-0.4, -0.2) is 22.3 Å². The van der Waals surface area contributed by atoms with Gasteiger partial charge in [0.05, 0.1) is 5.02 Å². The minimum absolute atomic E-state index is 0.0586. The van der Waals surface area contributed by atoms with Crippen LogP contribution in [0.2, 0.25) is 5.02 Å². The molecule has 1 amide bonds. The fourth-order valence-corrected chi connectivity index (χ4v) is 3.27. The van der Waals surface area contributed by atoms with E-state index >= 15 is 0 Å². The van der Waals surface area contributed by atoms with Gasteiger partial charge in [-0.1, -0.05) is 72.3 Å². The second kappa shape index (κ2) is 10.3. The Bertz CT molecular complexity index is 1320. The zero-order valence-electron chi connectivity index (χ0n) is 17.0. The summed E-state index contributed by atoms with van der Waals surface area (Å²) in [7, 11) is 0. The van der Waals surface area contributed by atoms with E-state index < -0.39 is 5.91 Å². The number of phenols is 2. The van der Waals surface area contributed by atoms with Crippen molar-refractivity contribution in [3.63, 3.8) is 0 Å². The summed E-state index contributed by atoms with van der Waals surface area (Å²) in [6, 6.07) is 23.3. The number of nitrogens with two attached hydrogens (primary N) is 1. The Morgan fingerprint density at radius 1 is 0.844 bits per heavy atom. The molecule has 0 saturated heterocycles. The number of nitrogens with one attached hydrogen (secondary N) is 1. The molecule has 0 spiro atoms. The average molecular weight is 445 g/mol. The Morgan fingerprint density at radius 3 is 2.16 bits per heavy atom.